The predicted molar refractivity (Wildman–Crippen MR) is 165 cm³/mol. The van der Waals surface area contributed by atoms with E-state index in [-0.39, 0.29) is 12.8 Å². The van der Waals surface area contributed by atoms with Crippen LogP contribution < -0.4 is 70.8 Å². The van der Waals surface area contributed by atoms with E-state index in [1.165, 1.54) is 0 Å². The van der Waals surface area contributed by atoms with Crippen LogP contribution in [0.3, 0.4) is 0 Å². The van der Waals surface area contributed by atoms with Crippen molar-refractivity contribution in [2.24, 2.45) is 22.9 Å². The molecule has 0 radical (unpaired) electrons. The van der Waals surface area contributed by atoms with Crippen molar-refractivity contribution in [3.05, 3.63) is 11.9 Å². The Morgan fingerprint density at radius 1 is 0.979 bits per heavy atom. The summed E-state index contributed by atoms with van der Waals surface area (Å²) in [6, 6.07) is -9.35. The van der Waals surface area contributed by atoms with Crippen LogP contribution in [0, 0.1) is 5.41 Å². The van der Waals surface area contributed by atoms with Crippen LogP contribution in [0.25, 0.3) is 0 Å². The van der Waals surface area contributed by atoms with Crippen molar-refractivity contribution >= 4 is 47.4 Å². The number of nitrogens with two attached hydrogens (primary N) is 4. The van der Waals surface area contributed by atoms with Crippen LogP contribution in [0.15, 0.2) is 11.9 Å². The number of primary amides is 1. The van der Waals surface area contributed by atoms with Crippen LogP contribution in [0.2, 0.25) is 0 Å². The first-order chi connectivity index (χ1) is 22.7. The summed E-state index contributed by atoms with van der Waals surface area (Å²) in [6.45, 7) is -1.81. The highest BCUT2D eigenvalue weighted by Crippen LogP contribution is 2.09. The molecule has 20 N–H and O–H groups in total. The van der Waals surface area contributed by atoms with Gasteiger partial charge in [-0.2, -0.15) is 0 Å². The number of aliphatic hydroxyl groups is 2. The molecule has 2 aliphatic heterocycles. The zero-order valence-corrected chi connectivity index (χ0v) is 25.8. The van der Waals surface area contributed by atoms with Crippen molar-refractivity contribution in [3.63, 3.8) is 0 Å². The molecule has 2 heterocycles. The van der Waals surface area contributed by atoms with Crippen molar-refractivity contribution in [2.75, 3.05) is 26.2 Å². The zero-order valence-electron chi connectivity index (χ0n) is 25.8. The predicted octanol–water partition coefficient (Wildman–Crippen LogP) is -8.71. The third-order valence-electron chi connectivity index (χ3n) is 6.99. The van der Waals surface area contributed by atoms with Gasteiger partial charge < -0.3 is 81.0 Å². The zero-order chi connectivity index (χ0) is 36.0. The van der Waals surface area contributed by atoms with Gasteiger partial charge >= 0.3 is 6.03 Å². The largest absolute Gasteiger partial charge is 0.394 e. The summed E-state index contributed by atoms with van der Waals surface area (Å²) >= 11 is 0. The second-order valence-electron chi connectivity index (χ2n) is 10.8. The molecule has 2 fully saturated rings. The molecule has 0 saturated carbocycles. The maximum absolute atomic E-state index is 13.6. The lowest BCUT2D eigenvalue weighted by Crippen LogP contribution is -2.66. The number of amides is 8. The topological polar surface area (TPSA) is 396 Å². The molecular weight excluding hydrogens is 640 g/mol. The van der Waals surface area contributed by atoms with Crippen LogP contribution >= 0.6 is 0 Å². The van der Waals surface area contributed by atoms with E-state index < -0.39 is 115 Å². The summed E-state index contributed by atoms with van der Waals surface area (Å²) in [5.74, 6) is -6.49. The van der Waals surface area contributed by atoms with Crippen molar-refractivity contribution in [2.45, 2.75) is 68.2 Å². The second-order valence-corrected chi connectivity index (χ2v) is 10.8. The van der Waals surface area contributed by atoms with Crippen LogP contribution in [-0.2, 0) is 28.8 Å². The summed E-state index contributed by atoms with van der Waals surface area (Å²) in [7, 11) is 0. The molecular formula is C25H44N14O9. The van der Waals surface area contributed by atoms with E-state index in [9.17, 15) is 43.8 Å². The Morgan fingerprint density at radius 3 is 2.27 bits per heavy atom. The lowest BCUT2D eigenvalue weighted by molar-refractivity contribution is -0.135. The third-order valence-corrected chi connectivity index (χ3v) is 6.99. The highest BCUT2D eigenvalue weighted by molar-refractivity contribution is 6.02. The first-order valence-electron chi connectivity index (χ1n) is 14.8. The van der Waals surface area contributed by atoms with E-state index in [1.54, 1.807) is 0 Å². The van der Waals surface area contributed by atoms with Gasteiger partial charge in [0.1, 0.15) is 36.1 Å². The molecule has 48 heavy (non-hydrogen) atoms. The molecule has 23 nitrogen and oxygen atoms in total. The Bertz CT molecular complexity index is 1260. The number of carbonyl (C=O) groups is 7. The highest BCUT2D eigenvalue weighted by Gasteiger charge is 2.37. The molecule has 0 aromatic carbocycles. The standard InChI is InChI=1S/C25H44N14O9/c26-3-1-2-10(28)4-16(41)33-13-7-31-23(47)18(11-5-17(42)38-24(29)37-11)39-21(45)14(8-32-25(30)48)35-19(43)12(6-27)34-22(46)15(9-40)36-20(13)44/h8,10-13,15,17-18,40,42H,1-7,9,26-28H2,(H,31,47)(H,33,41)(H,34,46)(H,35,43)(H,36,44)(H,39,45)(H3,29,37,38)(H3,30,32,48)/b14-8-/t10-,11?,12-,13-,15-,17+,18-/m0/s1. The molecule has 7 atom stereocenters. The third kappa shape index (κ3) is 12.3. The summed E-state index contributed by atoms with van der Waals surface area (Å²) in [4.78, 5) is 90.5. The number of hydrogen-bond acceptors (Lipinski definition) is 13. The number of carbonyl (C=O) groups excluding carboxylic acids is 7. The number of hydrogen-bond donors (Lipinski definition) is 16. The van der Waals surface area contributed by atoms with Gasteiger partial charge in [0.05, 0.1) is 12.6 Å². The quantitative estimate of drug-likeness (QED) is 0.0950. The number of nitrogens with one attached hydrogen (secondary N) is 10. The van der Waals surface area contributed by atoms with E-state index in [4.69, 9.17) is 28.3 Å². The van der Waals surface area contributed by atoms with Gasteiger partial charge in [0.2, 0.25) is 29.5 Å². The van der Waals surface area contributed by atoms with E-state index in [2.05, 4.69) is 42.5 Å². The Hall–Kier alpha value is -5.10. The van der Waals surface area contributed by atoms with Crippen molar-refractivity contribution < 1.29 is 43.8 Å². The maximum atomic E-state index is 13.6. The Morgan fingerprint density at radius 2 is 1.67 bits per heavy atom. The van der Waals surface area contributed by atoms with E-state index in [0.29, 0.717) is 25.6 Å². The molecule has 1 unspecified atom stereocenters. The van der Waals surface area contributed by atoms with Crippen molar-refractivity contribution in [1.82, 2.24) is 47.9 Å². The van der Waals surface area contributed by atoms with Crippen LogP contribution in [0.4, 0.5) is 4.79 Å². The summed E-state index contributed by atoms with van der Waals surface area (Å²) in [6.07, 6.45) is -0.171. The summed E-state index contributed by atoms with van der Waals surface area (Å²) in [5.41, 5.74) is 21.5. The van der Waals surface area contributed by atoms with Gasteiger partial charge in [-0.3, -0.25) is 34.2 Å². The highest BCUT2D eigenvalue weighted by atomic mass is 16.3. The summed E-state index contributed by atoms with van der Waals surface area (Å²) < 4.78 is 0. The van der Waals surface area contributed by atoms with E-state index in [1.807, 2.05) is 5.32 Å². The van der Waals surface area contributed by atoms with Crippen LogP contribution in [0.5, 0.6) is 0 Å². The Labute approximate surface area is 274 Å². The fraction of sp³-hybridized carbons (Fsp3) is 0.600. The second kappa shape index (κ2) is 18.9. The number of urea groups is 1. The van der Waals surface area contributed by atoms with Gasteiger partial charge in [-0.05, 0) is 19.4 Å². The van der Waals surface area contributed by atoms with Crippen LogP contribution in [0.1, 0.15) is 25.7 Å². The van der Waals surface area contributed by atoms with E-state index >= 15 is 0 Å². The molecule has 0 spiro atoms. The Kier molecular flexibility index (Phi) is 15.4. The van der Waals surface area contributed by atoms with Gasteiger partial charge in [0.15, 0.2) is 5.96 Å². The molecule has 2 saturated heterocycles. The maximum Gasteiger partial charge on any atom is 0.316 e. The first kappa shape index (κ1) is 39.1. The fourth-order valence-electron chi connectivity index (χ4n) is 4.53. The normalized spacial score (nSPS) is 27.6. The minimum Gasteiger partial charge on any atom is -0.394 e. The minimum absolute atomic E-state index is 0.235. The summed E-state index contributed by atoms with van der Waals surface area (Å²) in [5, 5.41) is 48.7. The monoisotopic (exact) mass is 684 g/mol. The van der Waals surface area contributed by atoms with Crippen molar-refractivity contribution in [1.29, 1.82) is 5.41 Å². The molecule has 2 aliphatic rings. The SMILES string of the molecule is N=C1NC([C@@H]2NC(=O)/C(=C/NC(N)=O)NC(=O)[C@H](CN)NC(=O)[C@H](CO)NC(=O)[C@@H](NC(=O)C[C@@H](N)CCCN)CNC2=O)C[C@@H](O)N1. The smallest absolute Gasteiger partial charge is 0.316 e. The molecule has 2 rings (SSSR count). The lowest BCUT2D eigenvalue weighted by Gasteiger charge is -2.35. The molecule has 0 aliphatic carbocycles. The van der Waals surface area contributed by atoms with Gasteiger partial charge in [-0.15, -0.1) is 0 Å². The van der Waals surface area contributed by atoms with E-state index in [0.717, 1.165) is 0 Å². The number of rotatable bonds is 10. The number of aliphatic hydroxyl groups excluding tert-OH is 2. The van der Waals surface area contributed by atoms with Gasteiger partial charge in [-0.25, -0.2) is 4.79 Å². The molecule has 0 aromatic heterocycles. The van der Waals surface area contributed by atoms with Gasteiger partial charge in [0, 0.05) is 38.2 Å². The minimum atomic E-state index is -1.68. The molecule has 8 amide bonds. The van der Waals surface area contributed by atoms with Gasteiger partial charge in [0.25, 0.3) is 5.91 Å². The lowest BCUT2D eigenvalue weighted by atomic mass is 10.0. The average Bonchev–Trinajstić information content (AvgIpc) is 3.02. The Balaban J connectivity index is 2.53. The number of guanidine groups is 1. The van der Waals surface area contributed by atoms with Crippen molar-refractivity contribution in [3.8, 4) is 0 Å². The molecule has 268 valence electrons. The molecule has 23 heteroatoms. The van der Waals surface area contributed by atoms with Crippen LogP contribution in [-0.4, -0.2) is 126 Å². The fourth-order valence-corrected chi connectivity index (χ4v) is 4.53. The first-order valence-corrected chi connectivity index (χ1v) is 14.8. The molecule has 0 aromatic rings. The van der Waals surface area contributed by atoms with Gasteiger partial charge in [-0.1, -0.05) is 0 Å². The average molecular weight is 685 g/mol. The molecule has 0 bridgehead atoms.